The van der Waals surface area contributed by atoms with E-state index in [1.807, 2.05) is 36.4 Å². The van der Waals surface area contributed by atoms with Crippen LogP contribution in [-0.4, -0.2) is 0 Å². The Morgan fingerprint density at radius 2 is 1.76 bits per heavy atom. The summed E-state index contributed by atoms with van der Waals surface area (Å²) in [5.74, 6) is 5.38. The highest BCUT2D eigenvalue weighted by Crippen LogP contribution is 2.22. The molecule has 0 aromatic heterocycles. The van der Waals surface area contributed by atoms with E-state index >= 15 is 0 Å². The summed E-state index contributed by atoms with van der Waals surface area (Å²) in [7, 11) is 0. The molecule has 1 atom stereocenters. The van der Waals surface area contributed by atoms with Gasteiger partial charge in [-0.25, -0.2) is 9.82 Å². The first-order valence-electron chi connectivity index (χ1n) is 5.49. The van der Waals surface area contributed by atoms with Crippen LogP contribution in [0.2, 0.25) is 0 Å². The van der Waals surface area contributed by atoms with E-state index in [-0.39, 0.29) is 11.9 Å². The van der Waals surface area contributed by atoms with E-state index in [0.29, 0.717) is 5.56 Å². The van der Waals surface area contributed by atoms with Gasteiger partial charge in [0.2, 0.25) is 0 Å². The van der Waals surface area contributed by atoms with Crippen molar-refractivity contribution in [2.75, 3.05) is 0 Å². The van der Waals surface area contributed by atoms with Gasteiger partial charge in [0.05, 0.1) is 6.04 Å². The lowest BCUT2D eigenvalue weighted by atomic mass is 9.98. The minimum Gasteiger partial charge on any atom is -0.271 e. The molecule has 0 heterocycles. The van der Waals surface area contributed by atoms with E-state index in [1.54, 1.807) is 13.0 Å². The molecule has 0 fully saturated rings. The Balaban J connectivity index is 2.39. The third-order valence-corrected chi connectivity index (χ3v) is 2.81. The zero-order chi connectivity index (χ0) is 12.3. The Labute approximate surface area is 100 Å². The summed E-state index contributed by atoms with van der Waals surface area (Å²) >= 11 is 0. The largest absolute Gasteiger partial charge is 0.271 e. The Morgan fingerprint density at radius 3 is 2.35 bits per heavy atom. The number of hydrogen-bond acceptors (Lipinski definition) is 2. The number of nitrogens with one attached hydrogen (secondary N) is 1. The van der Waals surface area contributed by atoms with Gasteiger partial charge >= 0.3 is 0 Å². The summed E-state index contributed by atoms with van der Waals surface area (Å²) < 4.78 is 13.2. The minimum absolute atomic E-state index is 0.115. The van der Waals surface area contributed by atoms with Gasteiger partial charge in [-0.15, -0.1) is 0 Å². The molecule has 0 radical (unpaired) electrons. The van der Waals surface area contributed by atoms with Crippen molar-refractivity contribution in [3.05, 3.63) is 71.0 Å². The van der Waals surface area contributed by atoms with Crippen LogP contribution in [0.4, 0.5) is 4.39 Å². The second-order valence-corrected chi connectivity index (χ2v) is 4.02. The second-order valence-electron chi connectivity index (χ2n) is 4.02. The van der Waals surface area contributed by atoms with Gasteiger partial charge in [-0.1, -0.05) is 42.5 Å². The molecule has 0 saturated carbocycles. The second kappa shape index (κ2) is 5.08. The molecule has 0 aliphatic carbocycles. The lowest BCUT2D eigenvalue weighted by Crippen LogP contribution is -2.28. The molecule has 2 aromatic carbocycles. The van der Waals surface area contributed by atoms with Gasteiger partial charge in [0.15, 0.2) is 0 Å². The van der Waals surface area contributed by atoms with Gasteiger partial charge in [-0.05, 0) is 29.7 Å². The molecular formula is C14H15FN2. The Kier molecular flexibility index (Phi) is 3.52. The molecule has 0 bridgehead atoms. The first kappa shape index (κ1) is 11.8. The van der Waals surface area contributed by atoms with Crippen molar-refractivity contribution in [2.24, 2.45) is 5.84 Å². The van der Waals surface area contributed by atoms with Gasteiger partial charge in [0.1, 0.15) is 5.82 Å². The number of hydrazine groups is 1. The van der Waals surface area contributed by atoms with Gasteiger partial charge in [-0.3, -0.25) is 5.84 Å². The van der Waals surface area contributed by atoms with Crippen molar-refractivity contribution in [3.8, 4) is 0 Å². The minimum atomic E-state index is -0.197. The molecule has 3 N–H and O–H groups in total. The molecule has 1 unspecified atom stereocenters. The summed E-state index contributed by atoms with van der Waals surface area (Å²) in [6.45, 7) is 1.75. The Hall–Kier alpha value is -1.71. The van der Waals surface area contributed by atoms with Gasteiger partial charge in [-0.2, -0.15) is 0 Å². The smallest absolute Gasteiger partial charge is 0.126 e. The van der Waals surface area contributed by atoms with Crippen LogP contribution in [0.3, 0.4) is 0 Å². The summed E-state index contributed by atoms with van der Waals surface area (Å²) in [4.78, 5) is 0. The van der Waals surface area contributed by atoms with E-state index in [2.05, 4.69) is 5.43 Å². The number of hydrogen-bond donors (Lipinski definition) is 2. The number of aryl methyl sites for hydroxylation is 1. The molecule has 2 nitrogen and oxygen atoms in total. The maximum absolute atomic E-state index is 13.2. The van der Waals surface area contributed by atoms with Crippen molar-refractivity contribution < 1.29 is 4.39 Å². The molecule has 0 spiro atoms. The molecular weight excluding hydrogens is 215 g/mol. The van der Waals surface area contributed by atoms with Crippen LogP contribution < -0.4 is 11.3 Å². The summed E-state index contributed by atoms with van der Waals surface area (Å²) in [5.41, 5.74) is 5.40. The topological polar surface area (TPSA) is 38.0 Å². The maximum Gasteiger partial charge on any atom is 0.126 e. The van der Waals surface area contributed by atoms with Crippen LogP contribution >= 0.6 is 0 Å². The van der Waals surface area contributed by atoms with Gasteiger partial charge < -0.3 is 0 Å². The third kappa shape index (κ3) is 2.52. The third-order valence-electron chi connectivity index (χ3n) is 2.81. The lowest BCUT2D eigenvalue weighted by Gasteiger charge is -2.17. The molecule has 2 aromatic rings. The average Bonchev–Trinajstić information content (AvgIpc) is 2.36. The maximum atomic E-state index is 13.2. The fourth-order valence-electron chi connectivity index (χ4n) is 1.88. The van der Waals surface area contributed by atoms with Crippen LogP contribution in [0, 0.1) is 12.7 Å². The Morgan fingerprint density at radius 1 is 1.06 bits per heavy atom. The molecule has 3 heteroatoms. The van der Waals surface area contributed by atoms with Gasteiger partial charge in [0.25, 0.3) is 0 Å². The molecule has 17 heavy (non-hydrogen) atoms. The molecule has 0 amide bonds. The molecule has 0 aliphatic heterocycles. The number of benzene rings is 2. The summed E-state index contributed by atoms with van der Waals surface area (Å²) in [6.07, 6.45) is 0. The van der Waals surface area contributed by atoms with Gasteiger partial charge in [0, 0.05) is 0 Å². The lowest BCUT2D eigenvalue weighted by molar-refractivity contribution is 0.608. The van der Waals surface area contributed by atoms with Crippen molar-refractivity contribution in [1.29, 1.82) is 0 Å². The number of rotatable bonds is 3. The Bertz CT molecular complexity index is 497. The fourth-order valence-corrected chi connectivity index (χ4v) is 1.88. The summed E-state index contributed by atoms with van der Waals surface area (Å²) in [6, 6.07) is 14.8. The van der Waals surface area contributed by atoms with E-state index in [0.717, 1.165) is 11.1 Å². The monoisotopic (exact) mass is 230 g/mol. The van der Waals surface area contributed by atoms with E-state index in [1.165, 1.54) is 6.07 Å². The average molecular weight is 230 g/mol. The van der Waals surface area contributed by atoms with E-state index < -0.39 is 0 Å². The number of halogens is 1. The zero-order valence-corrected chi connectivity index (χ0v) is 9.65. The van der Waals surface area contributed by atoms with Crippen molar-refractivity contribution >= 4 is 0 Å². The highest BCUT2D eigenvalue weighted by molar-refractivity contribution is 5.34. The first-order valence-corrected chi connectivity index (χ1v) is 5.49. The van der Waals surface area contributed by atoms with Crippen LogP contribution in [0.5, 0.6) is 0 Å². The molecule has 0 aliphatic rings. The molecule has 2 rings (SSSR count). The van der Waals surface area contributed by atoms with Crippen molar-refractivity contribution in [1.82, 2.24) is 5.43 Å². The van der Waals surface area contributed by atoms with Crippen LogP contribution in [0.25, 0.3) is 0 Å². The van der Waals surface area contributed by atoms with Crippen molar-refractivity contribution in [2.45, 2.75) is 13.0 Å². The van der Waals surface area contributed by atoms with Crippen LogP contribution in [-0.2, 0) is 0 Å². The standard InChI is InChI=1S/C14H15FN2/c1-10-9-12(7-8-13(10)15)14(17-16)11-5-3-2-4-6-11/h2-9,14,17H,16H2,1H3. The van der Waals surface area contributed by atoms with Crippen molar-refractivity contribution in [3.63, 3.8) is 0 Å². The molecule has 0 saturated heterocycles. The number of nitrogens with two attached hydrogens (primary N) is 1. The SMILES string of the molecule is Cc1cc(C(NN)c2ccccc2)ccc1F. The predicted molar refractivity (Wildman–Crippen MR) is 66.7 cm³/mol. The molecule has 88 valence electrons. The van der Waals surface area contributed by atoms with E-state index in [4.69, 9.17) is 5.84 Å². The highest BCUT2D eigenvalue weighted by Gasteiger charge is 2.12. The normalized spacial score (nSPS) is 12.4. The fraction of sp³-hybridized carbons (Fsp3) is 0.143. The highest BCUT2D eigenvalue weighted by atomic mass is 19.1. The predicted octanol–water partition coefficient (Wildman–Crippen LogP) is 2.69. The van der Waals surface area contributed by atoms with Crippen LogP contribution in [0.1, 0.15) is 22.7 Å². The van der Waals surface area contributed by atoms with E-state index in [9.17, 15) is 4.39 Å². The van der Waals surface area contributed by atoms with Crippen LogP contribution in [0.15, 0.2) is 48.5 Å². The zero-order valence-electron chi connectivity index (χ0n) is 9.65. The summed E-state index contributed by atoms with van der Waals surface area (Å²) in [5, 5.41) is 0. The first-order chi connectivity index (χ1) is 8.22. The quantitative estimate of drug-likeness (QED) is 0.628.